The van der Waals surface area contributed by atoms with E-state index in [9.17, 15) is 14.4 Å². The molecule has 0 aromatic rings. The Bertz CT molecular complexity index is 982. The Hall–Kier alpha value is -1.59. The first-order valence-electron chi connectivity index (χ1n) is 28.8. The van der Waals surface area contributed by atoms with E-state index in [4.69, 9.17) is 14.2 Å². The topological polar surface area (TPSA) is 78.9 Å². The molecule has 0 aromatic heterocycles. The lowest BCUT2D eigenvalue weighted by atomic mass is 9.99. The molecule has 0 fully saturated rings. The predicted molar refractivity (Wildman–Crippen MR) is 275 cm³/mol. The Kier molecular flexibility index (Phi) is 49.6. The van der Waals surface area contributed by atoms with Crippen molar-refractivity contribution in [1.82, 2.24) is 0 Å². The monoisotopic (exact) mass is 905 g/mol. The maximum Gasteiger partial charge on any atom is 0.306 e. The van der Waals surface area contributed by atoms with Crippen LogP contribution in [0, 0.1) is 11.8 Å². The molecule has 0 bridgehead atoms. The van der Waals surface area contributed by atoms with Gasteiger partial charge in [0.25, 0.3) is 0 Å². The highest BCUT2D eigenvalue weighted by Gasteiger charge is 2.19. The minimum atomic E-state index is -0.763. The van der Waals surface area contributed by atoms with Crippen molar-refractivity contribution in [2.75, 3.05) is 13.2 Å². The van der Waals surface area contributed by atoms with Gasteiger partial charge in [-0.2, -0.15) is 0 Å². The van der Waals surface area contributed by atoms with Crippen LogP contribution in [-0.2, 0) is 28.6 Å². The van der Waals surface area contributed by atoms with Gasteiger partial charge in [0.05, 0.1) is 0 Å². The summed E-state index contributed by atoms with van der Waals surface area (Å²) in [4.78, 5) is 38.1. The van der Waals surface area contributed by atoms with E-state index < -0.39 is 6.10 Å². The number of rotatable bonds is 52. The first kappa shape index (κ1) is 62.4. The predicted octanol–water partition coefficient (Wildman–Crippen LogP) is 18.9. The Balaban J connectivity index is 4.29. The number of ether oxygens (including phenoxy) is 3. The largest absolute Gasteiger partial charge is 0.462 e. The summed E-state index contributed by atoms with van der Waals surface area (Å²) in [6, 6.07) is 0. The smallest absolute Gasteiger partial charge is 0.306 e. The van der Waals surface area contributed by atoms with E-state index >= 15 is 0 Å². The van der Waals surface area contributed by atoms with Gasteiger partial charge in [-0.05, 0) is 31.1 Å². The van der Waals surface area contributed by atoms with Gasteiger partial charge in [0.15, 0.2) is 6.10 Å². The third-order valence-corrected chi connectivity index (χ3v) is 13.9. The molecule has 0 rings (SSSR count). The lowest BCUT2D eigenvalue weighted by molar-refractivity contribution is -0.167. The summed E-state index contributed by atoms with van der Waals surface area (Å²) in [6.45, 7) is 11.4. The van der Waals surface area contributed by atoms with Gasteiger partial charge >= 0.3 is 17.9 Å². The molecule has 2 unspecified atom stereocenters. The maximum atomic E-state index is 12.8. The molecule has 0 amide bonds. The van der Waals surface area contributed by atoms with Crippen molar-refractivity contribution in [1.29, 1.82) is 0 Å². The van der Waals surface area contributed by atoms with Gasteiger partial charge in [-0.1, -0.05) is 285 Å². The van der Waals surface area contributed by atoms with Crippen molar-refractivity contribution < 1.29 is 28.6 Å². The quantitative estimate of drug-likeness (QED) is 0.0344. The summed E-state index contributed by atoms with van der Waals surface area (Å²) in [5.41, 5.74) is 0. The summed E-state index contributed by atoms with van der Waals surface area (Å²) >= 11 is 0. The number of hydrogen-bond donors (Lipinski definition) is 0. The van der Waals surface area contributed by atoms with Crippen LogP contribution in [-0.4, -0.2) is 37.2 Å². The standard InChI is InChI=1S/C58H112O6/c1-6-9-10-11-12-13-14-15-16-17-22-25-28-35-40-45-50-58(61)64-55(52-63-57(60)49-44-39-34-30-29-32-37-42-47-54(5)8-3)51-62-56(59)48-43-38-33-27-24-21-19-18-20-23-26-31-36-41-46-53(4)7-2/h53-55H,6-52H2,1-5H3/t53?,54?,55-/m0/s1. The molecular formula is C58H112O6. The van der Waals surface area contributed by atoms with Gasteiger partial charge < -0.3 is 14.2 Å². The van der Waals surface area contributed by atoms with Crippen molar-refractivity contribution in [2.45, 2.75) is 330 Å². The molecular weight excluding hydrogens is 793 g/mol. The summed E-state index contributed by atoms with van der Waals surface area (Å²) < 4.78 is 16.9. The fourth-order valence-electron chi connectivity index (χ4n) is 8.81. The molecule has 0 aromatic carbocycles. The van der Waals surface area contributed by atoms with E-state index in [1.807, 2.05) is 0 Å². The minimum Gasteiger partial charge on any atom is -0.462 e. The van der Waals surface area contributed by atoms with Crippen molar-refractivity contribution in [3.63, 3.8) is 0 Å². The van der Waals surface area contributed by atoms with Crippen LogP contribution in [0.25, 0.3) is 0 Å². The molecule has 0 aliphatic rings. The normalized spacial score (nSPS) is 12.9. The summed E-state index contributed by atoms with van der Waals surface area (Å²) in [7, 11) is 0. The average molecular weight is 906 g/mol. The lowest BCUT2D eigenvalue weighted by Gasteiger charge is -2.18. The van der Waals surface area contributed by atoms with E-state index in [1.165, 1.54) is 212 Å². The number of carbonyl (C=O) groups is 3. The minimum absolute atomic E-state index is 0.0631. The number of hydrogen-bond acceptors (Lipinski definition) is 6. The number of unbranched alkanes of at least 4 members (excludes halogenated alkanes) is 35. The van der Waals surface area contributed by atoms with Gasteiger partial charge in [-0.25, -0.2) is 0 Å². The molecule has 64 heavy (non-hydrogen) atoms. The second kappa shape index (κ2) is 50.8. The van der Waals surface area contributed by atoms with E-state index in [1.54, 1.807) is 0 Å². The maximum absolute atomic E-state index is 12.8. The molecule has 0 saturated carbocycles. The van der Waals surface area contributed by atoms with Crippen molar-refractivity contribution in [2.24, 2.45) is 11.8 Å². The first-order valence-corrected chi connectivity index (χ1v) is 28.8. The third-order valence-electron chi connectivity index (χ3n) is 13.9. The van der Waals surface area contributed by atoms with Gasteiger partial charge in [0.2, 0.25) is 0 Å². The van der Waals surface area contributed by atoms with Crippen molar-refractivity contribution in [3.05, 3.63) is 0 Å². The van der Waals surface area contributed by atoms with Crippen LogP contribution in [0.5, 0.6) is 0 Å². The molecule has 380 valence electrons. The van der Waals surface area contributed by atoms with Gasteiger partial charge in [-0.3, -0.25) is 14.4 Å². The van der Waals surface area contributed by atoms with Gasteiger partial charge in [0.1, 0.15) is 13.2 Å². The summed E-state index contributed by atoms with van der Waals surface area (Å²) in [5.74, 6) is 0.902. The molecule has 0 heterocycles. The van der Waals surface area contributed by atoms with Crippen LogP contribution in [0.4, 0.5) is 0 Å². The SMILES string of the molecule is CCCCCCCCCCCCCCCCCCC(=O)O[C@@H](COC(=O)CCCCCCCCCCCCCCCCC(C)CC)COC(=O)CCCCCCCCCCC(C)CC. The van der Waals surface area contributed by atoms with E-state index in [0.717, 1.165) is 69.6 Å². The zero-order valence-electron chi connectivity index (χ0n) is 43.9. The Morgan fingerprint density at radius 3 is 0.812 bits per heavy atom. The summed E-state index contributed by atoms with van der Waals surface area (Å²) in [6.07, 6.45) is 53.7. The van der Waals surface area contributed by atoms with E-state index in [2.05, 4.69) is 34.6 Å². The van der Waals surface area contributed by atoms with Crippen molar-refractivity contribution >= 4 is 17.9 Å². The van der Waals surface area contributed by atoms with Crippen molar-refractivity contribution in [3.8, 4) is 0 Å². The van der Waals surface area contributed by atoms with Crippen LogP contribution < -0.4 is 0 Å². The highest BCUT2D eigenvalue weighted by molar-refractivity contribution is 5.71. The zero-order valence-corrected chi connectivity index (χ0v) is 43.9. The van der Waals surface area contributed by atoms with Gasteiger partial charge in [-0.15, -0.1) is 0 Å². The third kappa shape index (κ3) is 48.3. The first-order chi connectivity index (χ1) is 31.3. The lowest BCUT2D eigenvalue weighted by Crippen LogP contribution is -2.30. The zero-order chi connectivity index (χ0) is 46.8. The second-order valence-corrected chi connectivity index (χ2v) is 20.4. The van der Waals surface area contributed by atoms with Crippen LogP contribution >= 0.6 is 0 Å². The molecule has 0 spiro atoms. The molecule has 0 aliphatic heterocycles. The highest BCUT2D eigenvalue weighted by Crippen LogP contribution is 2.19. The average Bonchev–Trinajstić information content (AvgIpc) is 3.29. The Labute approximate surface area is 399 Å². The highest BCUT2D eigenvalue weighted by atomic mass is 16.6. The molecule has 0 N–H and O–H groups in total. The molecule has 0 radical (unpaired) electrons. The molecule has 6 nitrogen and oxygen atoms in total. The Morgan fingerprint density at radius 1 is 0.312 bits per heavy atom. The molecule has 3 atom stereocenters. The fourth-order valence-corrected chi connectivity index (χ4v) is 8.81. The summed E-state index contributed by atoms with van der Waals surface area (Å²) in [5, 5.41) is 0. The number of carbonyl (C=O) groups excluding carboxylic acids is 3. The fraction of sp³-hybridized carbons (Fsp3) is 0.948. The number of esters is 3. The molecule has 0 aliphatic carbocycles. The van der Waals surface area contributed by atoms with E-state index in [0.29, 0.717) is 19.3 Å². The van der Waals surface area contributed by atoms with Crippen LogP contribution in [0.3, 0.4) is 0 Å². The van der Waals surface area contributed by atoms with Crippen LogP contribution in [0.15, 0.2) is 0 Å². The van der Waals surface area contributed by atoms with Gasteiger partial charge in [0, 0.05) is 19.3 Å². The van der Waals surface area contributed by atoms with Crippen LogP contribution in [0.1, 0.15) is 324 Å². The van der Waals surface area contributed by atoms with E-state index in [-0.39, 0.29) is 31.1 Å². The Morgan fingerprint density at radius 2 is 0.547 bits per heavy atom. The second-order valence-electron chi connectivity index (χ2n) is 20.4. The molecule has 6 heteroatoms. The molecule has 0 saturated heterocycles. The van der Waals surface area contributed by atoms with Crippen LogP contribution in [0.2, 0.25) is 0 Å².